The zero-order valence-corrected chi connectivity index (χ0v) is 13.7. The molecule has 0 radical (unpaired) electrons. The summed E-state index contributed by atoms with van der Waals surface area (Å²) in [6.07, 6.45) is 1.92. The van der Waals surface area contributed by atoms with Crippen LogP contribution in [0.3, 0.4) is 0 Å². The Morgan fingerprint density at radius 2 is 2.17 bits per heavy atom. The molecule has 0 spiro atoms. The van der Waals surface area contributed by atoms with Crippen LogP contribution >= 0.6 is 0 Å². The second kappa shape index (κ2) is 7.05. The lowest BCUT2D eigenvalue weighted by Crippen LogP contribution is -2.50. The Bertz CT molecular complexity index is 786. The van der Waals surface area contributed by atoms with E-state index in [0.717, 1.165) is 24.8 Å². The highest BCUT2D eigenvalue weighted by Crippen LogP contribution is 2.23. The first-order valence-electron chi connectivity index (χ1n) is 8.23. The van der Waals surface area contributed by atoms with Crippen molar-refractivity contribution in [2.24, 2.45) is 11.7 Å². The third-order valence-corrected chi connectivity index (χ3v) is 4.53. The van der Waals surface area contributed by atoms with Gasteiger partial charge in [0.15, 0.2) is 6.61 Å². The molecule has 1 aromatic carbocycles. The zero-order valence-electron chi connectivity index (χ0n) is 13.7. The second-order valence-electron chi connectivity index (χ2n) is 6.35. The van der Waals surface area contributed by atoms with Gasteiger partial charge in [-0.25, -0.2) is 4.79 Å². The van der Waals surface area contributed by atoms with E-state index in [0.29, 0.717) is 23.8 Å². The monoisotopic (exact) mass is 330 g/mol. The molecule has 0 saturated carbocycles. The van der Waals surface area contributed by atoms with Crippen LogP contribution in [-0.2, 0) is 4.79 Å². The molecular weight excluding hydrogens is 308 g/mol. The van der Waals surface area contributed by atoms with Gasteiger partial charge in [-0.2, -0.15) is 0 Å². The standard InChI is InChI=1S/C18H22N2O4/c1-12-6-7-20(14(8-12)10-19)17(21)11-23-15-4-2-13-3-5-18(22)24-16(13)9-15/h2-5,9,12,14H,6-8,10-11,19H2,1H3. The van der Waals surface area contributed by atoms with Crippen molar-refractivity contribution in [3.05, 3.63) is 40.8 Å². The van der Waals surface area contributed by atoms with E-state index in [4.69, 9.17) is 14.9 Å². The molecule has 1 amide bonds. The van der Waals surface area contributed by atoms with Crippen molar-refractivity contribution < 1.29 is 13.9 Å². The van der Waals surface area contributed by atoms with Crippen molar-refractivity contribution in [3.8, 4) is 5.75 Å². The van der Waals surface area contributed by atoms with Gasteiger partial charge in [-0.05, 0) is 37.0 Å². The van der Waals surface area contributed by atoms with Crippen molar-refractivity contribution >= 4 is 16.9 Å². The zero-order chi connectivity index (χ0) is 17.1. The van der Waals surface area contributed by atoms with E-state index in [1.54, 1.807) is 24.3 Å². The number of hydrogen-bond donors (Lipinski definition) is 1. The van der Waals surface area contributed by atoms with E-state index in [2.05, 4.69) is 6.92 Å². The van der Waals surface area contributed by atoms with Crippen molar-refractivity contribution in [2.75, 3.05) is 19.7 Å². The Hall–Kier alpha value is -2.34. The van der Waals surface area contributed by atoms with Gasteiger partial charge in [0, 0.05) is 36.7 Å². The fraction of sp³-hybridized carbons (Fsp3) is 0.444. The van der Waals surface area contributed by atoms with E-state index in [-0.39, 0.29) is 18.6 Å². The van der Waals surface area contributed by atoms with E-state index in [9.17, 15) is 9.59 Å². The number of piperidine rings is 1. The minimum absolute atomic E-state index is 0.0482. The van der Waals surface area contributed by atoms with E-state index < -0.39 is 5.63 Å². The topological polar surface area (TPSA) is 85.8 Å². The largest absolute Gasteiger partial charge is 0.484 e. The molecule has 6 heteroatoms. The molecule has 24 heavy (non-hydrogen) atoms. The summed E-state index contributed by atoms with van der Waals surface area (Å²) in [4.78, 5) is 25.5. The Kier molecular flexibility index (Phi) is 4.85. The lowest BCUT2D eigenvalue weighted by atomic mass is 9.92. The molecule has 1 saturated heterocycles. The van der Waals surface area contributed by atoms with Gasteiger partial charge in [-0.15, -0.1) is 0 Å². The third kappa shape index (κ3) is 3.59. The normalized spacial score (nSPS) is 21.0. The first-order chi connectivity index (χ1) is 11.6. The summed E-state index contributed by atoms with van der Waals surface area (Å²) >= 11 is 0. The van der Waals surface area contributed by atoms with Gasteiger partial charge in [-0.1, -0.05) is 6.92 Å². The van der Waals surface area contributed by atoms with Crippen LogP contribution in [-0.4, -0.2) is 36.5 Å². The summed E-state index contributed by atoms with van der Waals surface area (Å²) < 4.78 is 10.7. The number of ether oxygens (including phenoxy) is 1. The number of carbonyl (C=O) groups is 1. The molecule has 6 nitrogen and oxygen atoms in total. The molecular formula is C18H22N2O4. The first-order valence-corrected chi connectivity index (χ1v) is 8.23. The first kappa shape index (κ1) is 16.5. The van der Waals surface area contributed by atoms with Crippen LogP contribution in [0.25, 0.3) is 11.0 Å². The van der Waals surface area contributed by atoms with Gasteiger partial charge >= 0.3 is 5.63 Å². The number of benzene rings is 1. The molecule has 0 aliphatic carbocycles. The van der Waals surface area contributed by atoms with E-state index >= 15 is 0 Å². The maximum Gasteiger partial charge on any atom is 0.336 e. The molecule has 2 heterocycles. The lowest BCUT2D eigenvalue weighted by Gasteiger charge is -2.37. The second-order valence-corrected chi connectivity index (χ2v) is 6.35. The molecule has 128 valence electrons. The average molecular weight is 330 g/mol. The lowest BCUT2D eigenvalue weighted by molar-refractivity contribution is -0.137. The molecule has 2 aromatic rings. The minimum Gasteiger partial charge on any atom is -0.484 e. The Labute approximate surface area is 140 Å². The maximum atomic E-state index is 12.4. The minimum atomic E-state index is -0.413. The Morgan fingerprint density at radius 3 is 2.96 bits per heavy atom. The predicted molar refractivity (Wildman–Crippen MR) is 90.9 cm³/mol. The molecule has 3 rings (SSSR count). The number of rotatable bonds is 4. The van der Waals surface area contributed by atoms with Crippen LogP contribution < -0.4 is 16.1 Å². The quantitative estimate of drug-likeness (QED) is 0.863. The Morgan fingerprint density at radius 1 is 1.38 bits per heavy atom. The van der Waals surface area contributed by atoms with Crippen LogP contribution in [0, 0.1) is 5.92 Å². The summed E-state index contributed by atoms with van der Waals surface area (Å²) in [6, 6.07) is 8.33. The summed E-state index contributed by atoms with van der Waals surface area (Å²) in [5.41, 5.74) is 5.83. The third-order valence-electron chi connectivity index (χ3n) is 4.53. The van der Waals surface area contributed by atoms with Crippen LogP contribution in [0.5, 0.6) is 5.75 Å². The molecule has 1 aromatic heterocycles. The van der Waals surface area contributed by atoms with Crippen molar-refractivity contribution in [1.29, 1.82) is 0 Å². The maximum absolute atomic E-state index is 12.4. The number of carbonyl (C=O) groups excluding carboxylic acids is 1. The number of nitrogens with two attached hydrogens (primary N) is 1. The van der Waals surface area contributed by atoms with Crippen LogP contribution in [0.15, 0.2) is 39.5 Å². The van der Waals surface area contributed by atoms with Crippen molar-refractivity contribution in [1.82, 2.24) is 4.90 Å². The van der Waals surface area contributed by atoms with Gasteiger partial charge < -0.3 is 19.8 Å². The summed E-state index contributed by atoms with van der Waals surface area (Å²) in [5.74, 6) is 1.03. The van der Waals surface area contributed by atoms with E-state index in [1.165, 1.54) is 6.07 Å². The molecule has 2 unspecified atom stereocenters. The number of likely N-dealkylation sites (tertiary alicyclic amines) is 1. The van der Waals surface area contributed by atoms with E-state index in [1.807, 2.05) is 4.90 Å². The molecule has 1 fully saturated rings. The highest BCUT2D eigenvalue weighted by Gasteiger charge is 2.28. The molecule has 2 atom stereocenters. The van der Waals surface area contributed by atoms with Crippen LogP contribution in [0.4, 0.5) is 0 Å². The number of amides is 1. The van der Waals surface area contributed by atoms with Crippen LogP contribution in [0.1, 0.15) is 19.8 Å². The fourth-order valence-electron chi connectivity index (χ4n) is 3.16. The van der Waals surface area contributed by atoms with Gasteiger partial charge in [0.1, 0.15) is 11.3 Å². The molecule has 1 aliphatic rings. The number of fused-ring (bicyclic) bond motifs is 1. The molecule has 1 aliphatic heterocycles. The summed E-state index contributed by atoms with van der Waals surface area (Å²) in [7, 11) is 0. The average Bonchev–Trinajstić information content (AvgIpc) is 2.59. The predicted octanol–water partition coefficient (Wildman–Crippen LogP) is 1.76. The van der Waals surface area contributed by atoms with Gasteiger partial charge in [-0.3, -0.25) is 4.79 Å². The van der Waals surface area contributed by atoms with Gasteiger partial charge in [0.05, 0.1) is 0 Å². The summed E-state index contributed by atoms with van der Waals surface area (Å²) in [5, 5.41) is 0.807. The SMILES string of the molecule is CC1CCN(C(=O)COc2ccc3ccc(=O)oc3c2)C(CN)C1. The highest BCUT2D eigenvalue weighted by atomic mass is 16.5. The van der Waals surface area contributed by atoms with Crippen molar-refractivity contribution in [2.45, 2.75) is 25.8 Å². The molecule has 0 bridgehead atoms. The smallest absolute Gasteiger partial charge is 0.336 e. The van der Waals surface area contributed by atoms with Gasteiger partial charge in [0.25, 0.3) is 5.91 Å². The highest BCUT2D eigenvalue weighted by molar-refractivity contribution is 5.79. The van der Waals surface area contributed by atoms with Gasteiger partial charge in [0.2, 0.25) is 0 Å². The fourth-order valence-corrected chi connectivity index (χ4v) is 3.16. The number of nitrogens with zero attached hydrogens (tertiary/aromatic N) is 1. The van der Waals surface area contributed by atoms with Crippen molar-refractivity contribution in [3.63, 3.8) is 0 Å². The summed E-state index contributed by atoms with van der Waals surface area (Å²) in [6.45, 7) is 3.33. The molecule has 2 N–H and O–H groups in total. The Balaban J connectivity index is 1.66. The number of hydrogen-bond acceptors (Lipinski definition) is 5. The van der Waals surface area contributed by atoms with Crippen LogP contribution in [0.2, 0.25) is 0 Å².